The predicted octanol–water partition coefficient (Wildman–Crippen LogP) is 0.630. The van der Waals surface area contributed by atoms with Gasteiger partial charge in [-0.3, -0.25) is 10.1 Å². The van der Waals surface area contributed by atoms with Gasteiger partial charge in [0.1, 0.15) is 0 Å². The van der Waals surface area contributed by atoms with Crippen LogP contribution in [0.25, 0.3) is 0 Å². The number of nitrogens with zero attached hydrogens (tertiary/aromatic N) is 1. The van der Waals surface area contributed by atoms with Gasteiger partial charge in [-0.1, -0.05) is 13.8 Å². The number of rotatable bonds is 1. The van der Waals surface area contributed by atoms with Crippen LogP contribution < -0.4 is 5.32 Å². The van der Waals surface area contributed by atoms with Gasteiger partial charge < -0.3 is 0 Å². The molecule has 0 aromatic heterocycles. The Morgan fingerprint density at radius 1 is 1.80 bits per heavy atom. The van der Waals surface area contributed by atoms with Gasteiger partial charge in [0.25, 0.3) is 0 Å². The van der Waals surface area contributed by atoms with Crippen LogP contribution in [0.2, 0.25) is 0 Å². The molecule has 1 aliphatic rings. The lowest BCUT2D eigenvalue weighted by Crippen LogP contribution is -2.21. The highest BCUT2D eigenvalue weighted by Crippen LogP contribution is 2.51. The topological polar surface area (TPSA) is 52.9 Å². The van der Waals surface area contributed by atoms with Gasteiger partial charge in [-0.2, -0.15) is 5.26 Å². The average Bonchev–Trinajstić information content (AvgIpc) is 2.41. The third kappa shape index (κ3) is 1.10. The first-order chi connectivity index (χ1) is 4.58. The highest BCUT2D eigenvalue weighted by atomic mass is 16.2. The van der Waals surface area contributed by atoms with E-state index in [0.717, 1.165) is 6.42 Å². The molecule has 1 fully saturated rings. The molecule has 1 amide bonds. The second kappa shape index (κ2) is 1.98. The molecule has 1 rings (SSSR count). The summed E-state index contributed by atoms with van der Waals surface area (Å²) in [5, 5.41) is 10.2. The normalized spacial score (nSPS) is 26.7. The van der Waals surface area contributed by atoms with E-state index in [9.17, 15) is 4.79 Å². The maximum Gasteiger partial charge on any atom is 0.236 e. The van der Waals surface area contributed by atoms with Crippen LogP contribution in [0.1, 0.15) is 20.3 Å². The molecule has 0 saturated heterocycles. The van der Waals surface area contributed by atoms with Crippen LogP contribution in [0.4, 0.5) is 0 Å². The van der Waals surface area contributed by atoms with Crippen molar-refractivity contribution in [2.24, 2.45) is 11.3 Å². The van der Waals surface area contributed by atoms with Crippen molar-refractivity contribution in [3.63, 3.8) is 0 Å². The Kier molecular flexibility index (Phi) is 1.40. The monoisotopic (exact) mass is 138 g/mol. The molecule has 0 heterocycles. The molecule has 10 heavy (non-hydrogen) atoms. The van der Waals surface area contributed by atoms with E-state index < -0.39 is 0 Å². The molecule has 54 valence electrons. The number of nitriles is 1. The second-order valence-corrected chi connectivity index (χ2v) is 3.35. The Balaban J connectivity index is 2.42. The number of carbonyl (C=O) groups is 1. The van der Waals surface area contributed by atoms with Gasteiger partial charge in [0.05, 0.1) is 0 Å². The molecule has 0 aromatic rings. The molecule has 1 saturated carbocycles. The van der Waals surface area contributed by atoms with Crippen molar-refractivity contribution in [2.45, 2.75) is 20.3 Å². The maximum absolute atomic E-state index is 10.9. The van der Waals surface area contributed by atoms with E-state index in [0.29, 0.717) is 0 Å². The smallest absolute Gasteiger partial charge is 0.236 e. The van der Waals surface area contributed by atoms with Crippen LogP contribution in [-0.4, -0.2) is 5.91 Å². The van der Waals surface area contributed by atoms with Crippen LogP contribution in [0.3, 0.4) is 0 Å². The van der Waals surface area contributed by atoms with E-state index in [1.807, 2.05) is 13.8 Å². The summed E-state index contributed by atoms with van der Waals surface area (Å²) in [6.07, 6.45) is 2.53. The van der Waals surface area contributed by atoms with Crippen molar-refractivity contribution in [1.29, 1.82) is 5.26 Å². The van der Waals surface area contributed by atoms with E-state index >= 15 is 0 Å². The van der Waals surface area contributed by atoms with Crippen molar-refractivity contribution in [2.75, 3.05) is 0 Å². The van der Waals surface area contributed by atoms with Crippen LogP contribution in [0.5, 0.6) is 0 Å². The van der Waals surface area contributed by atoms with E-state index in [2.05, 4.69) is 5.32 Å². The zero-order chi connectivity index (χ0) is 7.78. The van der Waals surface area contributed by atoms with Crippen molar-refractivity contribution in [3.05, 3.63) is 0 Å². The second-order valence-electron chi connectivity index (χ2n) is 3.35. The lowest BCUT2D eigenvalue weighted by Gasteiger charge is -1.98. The first-order valence-corrected chi connectivity index (χ1v) is 3.27. The number of carbonyl (C=O) groups excluding carboxylic acids is 1. The Morgan fingerprint density at radius 2 is 2.30 bits per heavy atom. The number of nitrogens with one attached hydrogen (secondary N) is 1. The summed E-state index contributed by atoms with van der Waals surface area (Å²) in [4.78, 5) is 10.9. The first kappa shape index (κ1) is 7.07. The summed E-state index contributed by atoms with van der Waals surface area (Å²) >= 11 is 0. The Hall–Kier alpha value is -1.04. The molecule has 0 spiro atoms. The van der Waals surface area contributed by atoms with Gasteiger partial charge in [-0.05, 0) is 11.8 Å². The third-order valence-electron chi connectivity index (χ3n) is 2.01. The van der Waals surface area contributed by atoms with Gasteiger partial charge in [0.2, 0.25) is 5.91 Å². The molecule has 3 nitrogen and oxygen atoms in total. The summed E-state index contributed by atoms with van der Waals surface area (Å²) in [5.74, 6) is -0.0698. The SMILES string of the molecule is CC1(C)CC1C(=O)NC#N. The lowest BCUT2D eigenvalue weighted by atomic mass is 10.1. The van der Waals surface area contributed by atoms with Gasteiger partial charge in [-0.25, -0.2) is 0 Å². The van der Waals surface area contributed by atoms with Crippen LogP contribution >= 0.6 is 0 Å². The molecule has 0 bridgehead atoms. The zero-order valence-electron chi connectivity index (χ0n) is 6.14. The number of hydrogen-bond donors (Lipinski definition) is 1. The number of hydrogen-bond acceptors (Lipinski definition) is 2. The molecule has 0 aromatic carbocycles. The summed E-state index contributed by atoms with van der Waals surface area (Å²) in [6.45, 7) is 4.04. The van der Waals surface area contributed by atoms with Crippen molar-refractivity contribution in [3.8, 4) is 6.19 Å². The highest BCUT2D eigenvalue weighted by molar-refractivity contribution is 5.83. The third-order valence-corrected chi connectivity index (χ3v) is 2.01. The van der Waals surface area contributed by atoms with E-state index in [-0.39, 0.29) is 17.2 Å². The Bertz CT molecular complexity index is 202. The van der Waals surface area contributed by atoms with Gasteiger partial charge in [-0.15, -0.1) is 0 Å². The summed E-state index contributed by atoms with van der Waals surface area (Å²) in [6, 6.07) is 0. The van der Waals surface area contributed by atoms with Crippen molar-refractivity contribution in [1.82, 2.24) is 5.32 Å². The maximum atomic E-state index is 10.9. The summed E-state index contributed by atoms with van der Waals surface area (Å²) in [5.41, 5.74) is 0.126. The largest absolute Gasteiger partial charge is 0.274 e. The quantitative estimate of drug-likeness (QED) is 0.427. The minimum atomic E-state index is -0.132. The molecule has 3 heteroatoms. The minimum Gasteiger partial charge on any atom is -0.274 e. The van der Waals surface area contributed by atoms with Crippen molar-refractivity contribution >= 4 is 5.91 Å². The highest BCUT2D eigenvalue weighted by Gasteiger charge is 2.50. The average molecular weight is 138 g/mol. The van der Waals surface area contributed by atoms with E-state index in [1.54, 1.807) is 6.19 Å². The number of amides is 1. The van der Waals surface area contributed by atoms with Crippen LogP contribution in [0.15, 0.2) is 0 Å². The van der Waals surface area contributed by atoms with Crippen molar-refractivity contribution < 1.29 is 4.79 Å². The fourth-order valence-corrected chi connectivity index (χ4v) is 1.06. The lowest BCUT2D eigenvalue weighted by molar-refractivity contribution is -0.121. The molecule has 0 radical (unpaired) electrons. The van der Waals surface area contributed by atoms with E-state index in [4.69, 9.17) is 5.26 Å². The Labute approximate surface area is 60.0 Å². The molecular weight excluding hydrogens is 128 g/mol. The summed E-state index contributed by atoms with van der Waals surface area (Å²) < 4.78 is 0. The van der Waals surface area contributed by atoms with Gasteiger partial charge in [0, 0.05) is 5.92 Å². The molecule has 0 aliphatic heterocycles. The van der Waals surface area contributed by atoms with Crippen LogP contribution in [0, 0.1) is 22.8 Å². The standard InChI is InChI=1S/C7H10N2O/c1-7(2)3-5(7)6(10)9-4-8/h5H,3H2,1-2H3,(H,9,10). The molecule has 1 unspecified atom stereocenters. The molecule has 1 atom stereocenters. The fourth-order valence-electron chi connectivity index (χ4n) is 1.06. The Morgan fingerprint density at radius 3 is 2.60 bits per heavy atom. The van der Waals surface area contributed by atoms with Crippen LogP contribution in [-0.2, 0) is 4.79 Å². The summed E-state index contributed by atoms with van der Waals surface area (Å²) in [7, 11) is 0. The molecule has 1 N–H and O–H groups in total. The molecule has 1 aliphatic carbocycles. The minimum absolute atomic E-state index is 0.0622. The van der Waals surface area contributed by atoms with E-state index in [1.165, 1.54) is 0 Å². The zero-order valence-corrected chi connectivity index (χ0v) is 6.14. The predicted molar refractivity (Wildman–Crippen MR) is 35.6 cm³/mol. The van der Waals surface area contributed by atoms with Gasteiger partial charge >= 0.3 is 0 Å². The fraction of sp³-hybridized carbons (Fsp3) is 0.714. The molecular formula is C7H10N2O. The van der Waals surface area contributed by atoms with Gasteiger partial charge in [0.15, 0.2) is 6.19 Å². The first-order valence-electron chi connectivity index (χ1n) is 3.27.